The fourth-order valence-electron chi connectivity index (χ4n) is 2.16. The number of imidazole rings is 1. The van der Waals surface area contributed by atoms with Crippen molar-refractivity contribution >= 4 is 15.9 Å². The molecule has 1 aromatic carbocycles. The van der Waals surface area contributed by atoms with Crippen LogP contribution in [0.5, 0.6) is 5.75 Å². The molecule has 0 unspecified atom stereocenters. The number of aryl methyl sites for hydroxylation is 1. The van der Waals surface area contributed by atoms with Crippen molar-refractivity contribution in [2.24, 2.45) is 0 Å². The average molecular weight is 337 g/mol. The van der Waals surface area contributed by atoms with E-state index in [1.165, 1.54) is 5.56 Å². The van der Waals surface area contributed by atoms with Gasteiger partial charge in [-0.15, -0.1) is 0 Å². The summed E-state index contributed by atoms with van der Waals surface area (Å²) >= 11 is 3.52. The highest BCUT2D eigenvalue weighted by atomic mass is 79.9. The molecule has 0 saturated carbocycles. The summed E-state index contributed by atoms with van der Waals surface area (Å²) in [4.78, 5) is 4.20. The van der Waals surface area contributed by atoms with Gasteiger partial charge in [0.1, 0.15) is 12.4 Å². The van der Waals surface area contributed by atoms with Crippen molar-refractivity contribution in [2.45, 2.75) is 46.3 Å². The summed E-state index contributed by atoms with van der Waals surface area (Å²) in [5, 5.41) is 0. The Morgan fingerprint density at radius 1 is 1.35 bits per heavy atom. The van der Waals surface area contributed by atoms with Crippen molar-refractivity contribution in [1.29, 1.82) is 0 Å². The fourth-order valence-corrected chi connectivity index (χ4v) is 2.54. The molecule has 3 nitrogen and oxygen atoms in total. The Balaban J connectivity index is 2.12. The minimum Gasteiger partial charge on any atom is -0.487 e. The number of aromatic nitrogens is 2. The van der Waals surface area contributed by atoms with Crippen LogP contribution in [0.2, 0.25) is 0 Å². The van der Waals surface area contributed by atoms with E-state index in [4.69, 9.17) is 4.74 Å². The molecule has 0 aliphatic carbocycles. The predicted octanol–water partition coefficient (Wildman–Crippen LogP) is 4.76. The van der Waals surface area contributed by atoms with Crippen LogP contribution in [-0.4, -0.2) is 9.55 Å². The van der Waals surface area contributed by atoms with E-state index in [9.17, 15) is 0 Å². The van der Waals surface area contributed by atoms with Crippen molar-refractivity contribution in [1.82, 2.24) is 9.55 Å². The molecule has 2 rings (SSSR count). The lowest BCUT2D eigenvalue weighted by Crippen LogP contribution is -2.06. The van der Waals surface area contributed by atoms with Crippen LogP contribution in [0.3, 0.4) is 0 Å². The van der Waals surface area contributed by atoms with Crippen molar-refractivity contribution in [2.75, 3.05) is 0 Å². The minimum atomic E-state index is 0.433. The molecule has 0 aliphatic rings. The number of nitrogens with zero attached hydrogens (tertiary/aromatic N) is 2. The Morgan fingerprint density at radius 3 is 2.85 bits per heavy atom. The first-order chi connectivity index (χ1) is 9.61. The van der Waals surface area contributed by atoms with E-state index in [2.05, 4.69) is 52.3 Å². The van der Waals surface area contributed by atoms with E-state index in [0.29, 0.717) is 12.5 Å². The van der Waals surface area contributed by atoms with E-state index < -0.39 is 0 Å². The maximum absolute atomic E-state index is 6.00. The van der Waals surface area contributed by atoms with Gasteiger partial charge in [-0.25, -0.2) is 4.98 Å². The number of halogens is 1. The molecule has 0 aliphatic heterocycles. The highest BCUT2D eigenvalue weighted by Gasteiger charge is 2.10. The van der Waals surface area contributed by atoms with Crippen LogP contribution in [0.15, 0.2) is 35.2 Å². The number of hydrogen-bond acceptors (Lipinski definition) is 2. The summed E-state index contributed by atoms with van der Waals surface area (Å²) in [6.45, 7) is 8.06. The molecule has 1 heterocycles. The van der Waals surface area contributed by atoms with Crippen molar-refractivity contribution in [3.8, 4) is 5.75 Å². The van der Waals surface area contributed by atoms with Gasteiger partial charge in [0.25, 0.3) is 0 Å². The molecule has 1 aromatic heterocycles. The van der Waals surface area contributed by atoms with Gasteiger partial charge in [0.2, 0.25) is 0 Å². The smallest absolute Gasteiger partial charge is 0.130 e. The summed E-state index contributed by atoms with van der Waals surface area (Å²) in [6, 6.07) is 6.17. The Hall–Kier alpha value is -1.29. The molecule has 108 valence electrons. The van der Waals surface area contributed by atoms with Crippen LogP contribution in [0, 0.1) is 0 Å². The van der Waals surface area contributed by atoms with E-state index in [-0.39, 0.29) is 0 Å². The lowest BCUT2D eigenvalue weighted by Gasteiger charge is -2.15. The number of ether oxygens (including phenoxy) is 1. The van der Waals surface area contributed by atoms with Crippen LogP contribution in [0.4, 0.5) is 0 Å². The zero-order valence-corrected chi connectivity index (χ0v) is 13.9. The predicted molar refractivity (Wildman–Crippen MR) is 85.1 cm³/mol. The quantitative estimate of drug-likeness (QED) is 0.760. The molecule has 0 bridgehead atoms. The summed E-state index contributed by atoms with van der Waals surface area (Å²) in [7, 11) is 0. The third-order valence-electron chi connectivity index (χ3n) is 3.23. The van der Waals surface area contributed by atoms with Crippen molar-refractivity contribution in [3.63, 3.8) is 0 Å². The third kappa shape index (κ3) is 3.63. The topological polar surface area (TPSA) is 27.1 Å². The van der Waals surface area contributed by atoms with E-state index >= 15 is 0 Å². The first-order valence-electron chi connectivity index (χ1n) is 7.03. The molecule has 20 heavy (non-hydrogen) atoms. The Morgan fingerprint density at radius 2 is 2.15 bits per heavy atom. The van der Waals surface area contributed by atoms with Crippen LogP contribution >= 0.6 is 15.9 Å². The Bertz CT molecular complexity index is 563. The van der Waals surface area contributed by atoms with Crippen LogP contribution < -0.4 is 4.74 Å². The first kappa shape index (κ1) is 15.1. The maximum Gasteiger partial charge on any atom is 0.130 e. The van der Waals surface area contributed by atoms with Gasteiger partial charge >= 0.3 is 0 Å². The lowest BCUT2D eigenvalue weighted by molar-refractivity contribution is 0.290. The second-order valence-electron chi connectivity index (χ2n) is 5.20. The average Bonchev–Trinajstić information content (AvgIpc) is 2.85. The van der Waals surface area contributed by atoms with Gasteiger partial charge in [0, 0.05) is 11.0 Å². The van der Waals surface area contributed by atoms with E-state index in [1.807, 2.05) is 24.7 Å². The normalized spacial score (nSPS) is 11.1. The van der Waals surface area contributed by atoms with Gasteiger partial charge in [-0.1, -0.05) is 36.7 Å². The van der Waals surface area contributed by atoms with Crippen LogP contribution in [-0.2, 0) is 13.2 Å². The monoisotopic (exact) mass is 336 g/mol. The Kier molecular flexibility index (Phi) is 5.24. The lowest BCUT2D eigenvalue weighted by atomic mass is 10.0. The molecule has 0 atom stereocenters. The largest absolute Gasteiger partial charge is 0.487 e. The molecule has 4 heteroatoms. The van der Waals surface area contributed by atoms with Gasteiger partial charge in [0.05, 0.1) is 18.2 Å². The van der Waals surface area contributed by atoms with Gasteiger partial charge in [-0.2, -0.15) is 0 Å². The molecule has 0 radical (unpaired) electrons. The van der Waals surface area contributed by atoms with E-state index in [1.54, 1.807) is 0 Å². The maximum atomic E-state index is 6.00. The highest BCUT2D eigenvalue weighted by Crippen LogP contribution is 2.30. The van der Waals surface area contributed by atoms with Crippen molar-refractivity contribution < 1.29 is 4.74 Å². The summed E-state index contributed by atoms with van der Waals surface area (Å²) in [5.41, 5.74) is 2.34. The van der Waals surface area contributed by atoms with Crippen LogP contribution in [0.1, 0.15) is 44.4 Å². The van der Waals surface area contributed by atoms with Gasteiger partial charge in [-0.3, -0.25) is 0 Å². The highest BCUT2D eigenvalue weighted by molar-refractivity contribution is 9.10. The molecule has 0 N–H and O–H groups in total. The Labute approximate surface area is 129 Å². The summed E-state index contributed by atoms with van der Waals surface area (Å²) < 4.78 is 9.24. The third-order valence-corrected chi connectivity index (χ3v) is 3.73. The van der Waals surface area contributed by atoms with Crippen LogP contribution in [0.25, 0.3) is 0 Å². The zero-order chi connectivity index (χ0) is 14.5. The molecule has 0 fully saturated rings. The van der Waals surface area contributed by atoms with Gasteiger partial charge in [-0.05, 0) is 36.1 Å². The van der Waals surface area contributed by atoms with Gasteiger partial charge < -0.3 is 9.30 Å². The second-order valence-corrected chi connectivity index (χ2v) is 6.12. The standard InChI is InChI=1S/C16H21BrN2O/c1-4-7-19-11-18-9-14(19)10-20-16-6-5-13(17)8-15(16)12(2)3/h5-6,8-9,11-12H,4,7,10H2,1-3H3. The fraction of sp³-hybridized carbons (Fsp3) is 0.438. The van der Waals surface area contributed by atoms with E-state index in [0.717, 1.165) is 28.9 Å². The molecule has 0 spiro atoms. The van der Waals surface area contributed by atoms with Gasteiger partial charge in [0.15, 0.2) is 0 Å². The zero-order valence-electron chi connectivity index (χ0n) is 12.3. The molecular weight excluding hydrogens is 316 g/mol. The molecule has 0 amide bonds. The molecular formula is C16H21BrN2O. The first-order valence-corrected chi connectivity index (χ1v) is 7.82. The SMILES string of the molecule is CCCn1cncc1COc1ccc(Br)cc1C(C)C. The summed E-state index contributed by atoms with van der Waals surface area (Å²) in [6.07, 6.45) is 4.84. The summed E-state index contributed by atoms with van der Waals surface area (Å²) in [5.74, 6) is 1.38. The molecule has 0 saturated heterocycles. The van der Waals surface area contributed by atoms with Crippen molar-refractivity contribution in [3.05, 3.63) is 46.5 Å². The number of hydrogen-bond donors (Lipinski definition) is 0. The number of benzene rings is 1. The molecule has 2 aromatic rings. The minimum absolute atomic E-state index is 0.433. The number of rotatable bonds is 6. The second kappa shape index (κ2) is 6.93.